The fraction of sp³-hybridized carbons (Fsp3) is 0.682. The lowest BCUT2D eigenvalue weighted by Crippen LogP contribution is -2.64. The molecule has 1 aromatic rings. The number of aliphatic carboxylic acids is 2. The molecular formula is C44H75N13O15S. The number of hydrogen-bond donors (Lipinski definition) is 16. The first-order chi connectivity index (χ1) is 34.1. The third kappa shape index (κ3) is 23.3. The predicted octanol–water partition coefficient (Wildman–Crippen LogP) is -5.06. The number of carbonyl (C=O) groups is 11. The van der Waals surface area contributed by atoms with Crippen LogP contribution in [0, 0.1) is 11.8 Å². The van der Waals surface area contributed by atoms with E-state index in [1.807, 2.05) is 0 Å². The summed E-state index contributed by atoms with van der Waals surface area (Å²) in [7, 11) is 0. The Morgan fingerprint density at radius 2 is 1.04 bits per heavy atom. The highest BCUT2D eigenvalue weighted by atomic mass is 32.2. The van der Waals surface area contributed by atoms with Gasteiger partial charge in [-0.05, 0) is 76.3 Å². The second-order valence-corrected chi connectivity index (χ2v) is 19.0. The fourth-order valence-electron chi connectivity index (χ4n) is 6.85. The summed E-state index contributed by atoms with van der Waals surface area (Å²) in [6.45, 7) is 8.50. The Morgan fingerprint density at radius 1 is 0.603 bits per heavy atom. The molecule has 0 aliphatic heterocycles. The zero-order valence-electron chi connectivity index (χ0n) is 42.1. The van der Waals surface area contributed by atoms with E-state index in [-0.39, 0.29) is 38.6 Å². The minimum Gasteiger partial charge on any atom is -0.481 e. The number of nitrogens with one attached hydrogen (secondary N) is 9. The maximum atomic E-state index is 13.9. The molecule has 0 bridgehead atoms. The number of aliphatic hydroxyl groups excluding tert-OH is 2. The topological polar surface area (TPSA) is 472 Å². The normalized spacial score (nSPS) is 15.8. The van der Waals surface area contributed by atoms with Crippen molar-refractivity contribution in [1.29, 1.82) is 0 Å². The van der Waals surface area contributed by atoms with Crippen molar-refractivity contribution in [2.45, 2.75) is 159 Å². The number of H-pyrrole nitrogens is 1. The smallest absolute Gasteiger partial charge is 0.326 e. The third-order valence-electron chi connectivity index (χ3n) is 11.1. The van der Waals surface area contributed by atoms with E-state index in [4.69, 9.17) is 17.2 Å². The molecule has 29 heteroatoms. The summed E-state index contributed by atoms with van der Waals surface area (Å²) in [6.07, 6.45) is 0.0504. The first-order valence-corrected chi connectivity index (χ1v) is 25.0. The average molecular weight is 1060 g/mol. The van der Waals surface area contributed by atoms with E-state index < -0.39 is 156 Å². The van der Waals surface area contributed by atoms with Gasteiger partial charge in [0.2, 0.25) is 53.2 Å². The number of rotatable bonds is 35. The number of nitrogens with two attached hydrogens (primary N) is 3. The summed E-state index contributed by atoms with van der Waals surface area (Å²) in [5.74, 6) is -12.9. The molecule has 1 heterocycles. The highest BCUT2D eigenvalue weighted by Gasteiger charge is 2.38. The Morgan fingerprint density at radius 3 is 1.48 bits per heavy atom. The van der Waals surface area contributed by atoms with Crippen molar-refractivity contribution >= 4 is 76.9 Å². The lowest BCUT2D eigenvalue weighted by molar-refractivity contribution is -0.143. The summed E-state index contributed by atoms with van der Waals surface area (Å²) in [6, 6.07) is -13.7. The van der Waals surface area contributed by atoms with Crippen molar-refractivity contribution in [2.75, 3.05) is 18.6 Å². The lowest BCUT2D eigenvalue weighted by Gasteiger charge is -2.30. The molecule has 0 saturated heterocycles. The molecule has 9 amide bonds. The second-order valence-electron chi connectivity index (χ2n) is 18.1. The highest BCUT2D eigenvalue weighted by Crippen LogP contribution is 2.11. The summed E-state index contributed by atoms with van der Waals surface area (Å²) in [5.41, 5.74) is 17.4. The molecule has 0 saturated carbocycles. The van der Waals surface area contributed by atoms with E-state index in [1.54, 1.807) is 6.26 Å². The zero-order chi connectivity index (χ0) is 55.7. The summed E-state index contributed by atoms with van der Waals surface area (Å²) in [4.78, 5) is 151. The summed E-state index contributed by atoms with van der Waals surface area (Å²) < 4.78 is 0. The van der Waals surface area contributed by atoms with Gasteiger partial charge in [0.05, 0.1) is 31.0 Å². The molecule has 0 fully saturated rings. The number of thioether (sulfide) groups is 1. The molecule has 28 nitrogen and oxygen atoms in total. The summed E-state index contributed by atoms with van der Waals surface area (Å²) in [5, 5.41) is 59.2. The number of amides is 9. The molecule has 412 valence electrons. The Balaban J connectivity index is 3.33. The Hall–Kier alpha value is -6.43. The van der Waals surface area contributed by atoms with Crippen LogP contribution in [0.15, 0.2) is 12.5 Å². The van der Waals surface area contributed by atoms with Crippen molar-refractivity contribution in [1.82, 2.24) is 52.5 Å². The van der Waals surface area contributed by atoms with Crippen molar-refractivity contribution in [3.63, 3.8) is 0 Å². The van der Waals surface area contributed by atoms with Crippen molar-refractivity contribution < 1.29 is 73.2 Å². The first kappa shape index (κ1) is 64.6. The number of imidazole rings is 1. The quantitative estimate of drug-likeness (QED) is 0.0283. The first-order valence-electron chi connectivity index (χ1n) is 23.6. The van der Waals surface area contributed by atoms with Crippen LogP contribution >= 0.6 is 11.8 Å². The average Bonchev–Trinajstić information content (AvgIpc) is 3.82. The van der Waals surface area contributed by atoms with E-state index in [0.29, 0.717) is 17.9 Å². The predicted molar refractivity (Wildman–Crippen MR) is 263 cm³/mol. The van der Waals surface area contributed by atoms with Crippen LogP contribution in [0.5, 0.6) is 0 Å². The van der Waals surface area contributed by atoms with E-state index >= 15 is 0 Å². The SMILES string of the molecule is CSCC[C@H](N)C(=O)N[C@@H](CCC(=O)O)C(=O)N[C@@H](CCCCN)C(=O)N[C@@H](CC(N)=O)C(=O)N[C@H](C(=O)N[C@H](C(=O)N[C@H](C(=O)N[C@H](C(=O)N[C@@H](Cc1cnc[nH]1)C(=O)O)[C@@H](C)O)C(C)C)[C@@H](C)O)C(C)C. The number of unbranched alkanes of at least 4 members (excludes halogenated alkanes) is 1. The summed E-state index contributed by atoms with van der Waals surface area (Å²) >= 11 is 1.43. The second kappa shape index (κ2) is 32.6. The van der Waals surface area contributed by atoms with Gasteiger partial charge in [-0.3, -0.25) is 47.9 Å². The Kier molecular flexibility index (Phi) is 28.8. The third-order valence-corrected chi connectivity index (χ3v) is 11.7. The number of carboxylic acid groups (broad SMARTS) is 2. The Labute approximate surface area is 426 Å². The number of aromatic nitrogens is 2. The van der Waals surface area contributed by atoms with Crippen LogP contribution in [0.4, 0.5) is 0 Å². The number of primary amides is 1. The van der Waals surface area contributed by atoms with Crippen molar-refractivity contribution in [3.05, 3.63) is 18.2 Å². The molecule has 0 spiro atoms. The monoisotopic (exact) mass is 1060 g/mol. The van der Waals surface area contributed by atoms with Gasteiger partial charge in [0.25, 0.3) is 0 Å². The number of nitrogens with zero attached hydrogens (tertiary/aromatic N) is 1. The molecule has 0 unspecified atom stereocenters. The number of carbonyl (C=O) groups excluding carboxylic acids is 9. The molecule has 0 radical (unpaired) electrons. The standard InChI is InChI=1S/C44H75N13O15S/c1-20(2)32(40(67)57-35(23(6)59)43(70)55-33(21(3)4)41(68)56-34(22(5)58)42(69)53-29(44(71)72)16-24-18-48-19-49-24)54-39(66)28(17-30(47)60)52-37(64)26(10-8-9-14-45)51-38(65)27(11-12-31(61)62)50-36(63)25(46)13-15-73-7/h18-23,25-29,32-35,58-59H,8-17,45-46H2,1-7H3,(H2,47,60)(H,48,49)(H,50,63)(H,51,65)(H,52,64)(H,53,69)(H,54,66)(H,55,70)(H,56,68)(H,57,67)(H,61,62)(H,71,72)/t22-,23-,25+,26+,27+,28+,29+,32+,33+,34+,35+/m1/s1. The molecule has 0 aromatic carbocycles. The van der Waals surface area contributed by atoms with Gasteiger partial charge in [-0.1, -0.05) is 27.7 Å². The number of hydrogen-bond acceptors (Lipinski definition) is 17. The van der Waals surface area contributed by atoms with E-state index in [0.717, 1.165) is 13.8 Å². The van der Waals surface area contributed by atoms with Crippen LogP contribution < -0.4 is 59.7 Å². The minimum absolute atomic E-state index is 0.0807. The highest BCUT2D eigenvalue weighted by molar-refractivity contribution is 7.98. The molecule has 73 heavy (non-hydrogen) atoms. The molecule has 19 N–H and O–H groups in total. The fourth-order valence-corrected chi connectivity index (χ4v) is 7.34. The van der Waals surface area contributed by atoms with Gasteiger partial charge in [-0.15, -0.1) is 0 Å². The van der Waals surface area contributed by atoms with Crippen LogP contribution in [-0.4, -0.2) is 181 Å². The largest absolute Gasteiger partial charge is 0.481 e. The van der Waals surface area contributed by atoms with Gasteiger partial charge >= 0.3 is 11.9 Å². The van der Waals surface area contributed by atoms with Crippen LogP contribution in [0.1, 0.15) is 92.2 Å². The maximum absolute atomic E-state index is 13.9. The molecule has 1 rings (SSSR count). The molecule has 1 aromatic heterocycles. The molecule has 0 aliphatic carbocycles. The van der Waals surface area contributed by atoms with Crippen molar-refractivity contribution in [3.8, 4) is 0 Å². The molecular weight excluding hydrogens is 983 g/mol. The lowest BCUT2D eigenvalue weighted by atomic mass is 9.99. The van der Waals surface area contributed by atoms with E-state index in [1.165, 1.54) is 52.0 Å². The van der Waals surface area contributed by atoms with E-state index in [2.05, 4.69) is 52.5 Å². The van der Waals surface area contributed by atoms with Crippen LogP contribution in [0.2, 0.25) is 0 Å². The van der Waals surface area contributed by atoms with Gasteiger partial charge in [0.15, 0.2) is 0 Å². The molecule has 0 aliphatic rings. The van der Waals surface area contributed by atoms with Gasteiger partial charge in [0, 0.05) is 24.7 Å². The van der Waals surface area contributed by atoms with Gasteiger partial charge in [-0.25, -0.2) is 9.78 Å². The van der Waals surface area contributed by atoms with Gasteiger partial charge < -0.3 is 85.1 Å². The van der Waals surface area contributed by atoms with E-state index in [9.17, 15) is 73.2 Å². The number of carboxylic acids is 2. The molecule has 11 atom stereocenters. The van der Waals surface area contributed by atoms with Gasteiger partial charge in [-0.2, -0.15) is 11.8 Å². The minimum atomic E-state index is -1.80. The van der Waals surface area contributed by atoms with Crippen LogP contribution in [-0.2, 0) is 59.2 Å². The van der Waals surface area contributed by atoms with Crippen molar-refractivity contribution in [2.24, 2.45) is 29.0 Å². The number of aliphatic hydroxyl groups is 2. The maximum Gasteiger partial charge on any atom is 0.326 e. The Bertz CT molecular complexity index is 2030. The van der Waals surface area contributed by atoms with Crippen LogP contribution in [0.3, 0.4) is 0 Å². The number of aromatic amines is 1. The van der Waals surface area contributed by atoms with Crippen LogP contribution in [0.25, 0.3) is 0 Å². The van der Waals surface area contributed by atoms with Gasteiger partial charge in [0.1, 0.15) is 48.3 Å². The zero-order valence-corrected chi connectivity index (χ0v) is 42.9.